The molecular formula is C26H26N2O5. The third-order valence-electron chi connectivity index (χ3n) is 5.37. The van der Waals surface area contributed by atoms with Crippen LogP contribution in [0.4, 0.5) is 0 Å². The number of rotatable bonds is 8. The number of para-hydroxylation sites is 2. The Labute approximate surface area is 192 Å². The Morgan fingerprint density at radius 2 is 1.58 bits per heavy atom. The molecular weight excluding hydrogens is 420 g/mol. The molecule has 0 fully saturated rings. The van der Waals surface area contributed by atoms with E-state index in [1.807, 2.05) is 61.5 Å². The van der Waals surface area contributed by atoms with Crippen molar-refractivity contribution in [2.75, 3.05) is 20.3 Å². The quantitative estimate of drug-likeness (QED) is 0.550. The second-order valence-corrected chi connectivity index (χ2v) is 7.56. The van der Waals surface area contributed by atoms with Gasteiger partial charge in [-0.15, -0.1) is 0 Å². The minimum atomic E-state index is -0.465. The number of methoxy groups -OCH3 is 1. The zero-order valence-electron chi connectivity index (χ0n) is 18.6. The van der Waals surface area contributed by atoms with E-state index < -0.39 is 5.92 Å². The van der Waals surface area contributed by atoms with Crippen molar-refractivity contribution in [2.24, 2.45) is 0 Å². The molecule has 2 amide bonds. The van der Waals surface area contributed by atoms with Crippen LogP contribution >= 0.6 is 0 Å². The summed E-state index contributed by atoms with van der Waals surface area (Å²) < 4.78 is 16.9. The highest BCUT2D eigenvalue weighted by Gasteiger charge is 2.32. The smallest absolute Gasteiger partial charge is 0.257 e. The van der Waals surface area contributed by atoms with Gasteiger partial charge in [0, 0.05) is 24.2 Å². The van der Waals surface area contributed by atoms with Crippen molar-refractivity contribution in [1.29, 1.82) is 0 Å². The van der Waals surface area contributed by atoms with E-state index in [4.69, 9.17) is 14.2 Å². The van der Waals surface area contributed by atoms with Crippen LogP contribution in [0.25, 0.3) is 0 Å². The predicted octanol–water partition coefficient (Wildman–Crippen LogP) is 3.76. The fraction of sp³-hybridized carbons (Fsp3) is 0.231. The standard InChI is InChI=1S/C26H26N2O5/c1-3-27-24(29)16-32-22-13-12-17(14-23(22)31-2)15-28-26(30)25-18-8-4-6-10-20(18)33-21-11-7-5-9-19(21)25/h4-14,25H,3,15-16H2,1-2H3,(H,27,29)(H,28,30). The number of amides is 2. The number of likely N-dealkylation sites (N-methyl/N-ethyl adjacent to an activating group) is 1. The first-order chi connectivity index (χ1) is 16.1. The lowest BCUT2D eigenvalue weighted by molar-refractivity contribution is -0.123. The average Bonchev–Trinajstić information content (AvgIpc) is 2.84. The molecule has 0 spiro atoms. The van der Waals surface area contributed by atoms with E-state index >= 15 is 0 Å². The van der Waals surface area contributed by atoms with Crippen LogP contribution in [0.3, 0.4) is 0 Å². The molecule has 3 aromatic carbocycles. The van der Waals surface area contributed by atoms with Crippen LogP contribution < -0.4 is 24.8 Å². The van der Waals surface area contributed by atoms with Crippen molar-refractivity contribution in [1.82, 2.24) is 10.6 Å². The van der Waals surface area contributed by atoms with E-state index in [1.54, 1.807) is 12.1 Å². The average molecular weight is 447 g/mol. The molecule has 0 radical (unpaired) electrons. The van der Waals surface area contributed by atoms with Crippen LogP contribution in [0.15, 0.2) is 66.7 Å². The van der Waals surface area contributed by atoms with Gasteiger partial charge in [0.15, 0.2) is 18.1 Å². The van der Waals surface area contributed by atoms with Crippen molar-refractivity contribution < 1.29 is 23.8 Å². The van der Waals surface area contributed by atoms with Gasteiger partial charge in [-0.05, 0) is 36.8 Å². The third-order valence-corrected chi connectivity index (χ3v) is 5.37. The van der Waals surface area contributed by atoms with Gasteiger partial charge in [0.1, 0.15) is 11.5 Å². The highest BCUT2D eigenvalue weighted by Crippen LogP contribution is 2.43. The minimum Gasteiger partial charge on any atom is -0.493 e. The summed E-state index contributed by atoms with van der Waals surface area (Å²) in [5.74, 6) is 1.55. The first-order valence-corrected chi connectivity index (χ1v) is 10.8. The van der Waals surface area contributed by atoms with Gasteiger partial charge in [-0.1, -0.05) is 42.5 Å². The number of carbonyl (C=O) groups excluding carboxylic acids is 2. The molecule has 1 aliphatic rings. The molecule has 1 aliphatic heterocycles. The van der Waals surface area contributed by atoms with Crippen LogP contribution in [0.2, 0.25) is 0 Å². The third kappa shape index (κ3) is 4.92. The molecule has 1 heterocycles. The lowest BCUT2D eigenvalue weighted by Gasteiger charge is -2.27. The van der Waals surface area contributed by atoms with Gasteiger partial charge in [-0.3, -0.25) is 9.59 Å². The maximum Gasteiger partial charge on any atom is 0.257 e. The van der Waals surface area contributed by atoms with Crippen LogP contribution in [-0.4, -0.2) is 32.1 Å². The summed E-state index contributed by atoms with van der Waals surface area (Å²) in [7, 11) is 1.53. The number of nitrogens with one attached hydrogen (secondary N) is 2. The summed E-state index contributed by atoms with van der Waals surface area (Å²) in [6, 6.07) is 20.5. The van der Waals surface area contributed by atoms with Gasteiger partial charge in [0.2, 0.25) is 5.91 Å². The number of hydrogen-bond acceptors (Lipinski definition) is 5. The summed E-state index contributed by atoms with van der Waals surface area (Å²) in [6.07, 6.45) is 0. The van der Waals surface area contributed by atoms with E-state index in [0.29, 0.717) is 36.1 Å². The second kappa shape index (κ2) is 10.1. The molecule has 0 aromatic heterocycles. The SMILES string of the molecule is CCNC(=O)COc1ccc(CNC(=O)C2c3ccccc3Oc3ccccc32)cc1OC. The van der Waals surface area contributed by atoms with Crippen molar-refractivity contribution in [2.45, 2.75) is 19.4 Å². The van der Waals surface area contributed by atoms with E-state index in [-0.39, 0.29) is 18.4 Å². The van der Waals surface area contributed by atoms with Gasteiger partial charge in [0.05, 0.1) is 13.0 Å². The molecule has 0 unspecified atom stereocenters. The van der Waals surface area contributed by atoms with E-state index in [9.17, 15) is 9.59 Å². The Morgan fingerprint density at radius 1 is 0.909 bits per heavy atom. The summed E-state index contributed by atoms with van der Waals surface area (Å²) in [4.78, 5) is 24.9. The zero-order chi connectivity index (χ0) is 23.2. The van der Waals surface area contributed by atoms with Crippen LogP contribution in [0.1, 0.15) is 29.5 Å². The van der Waals surface area contributed by atoms with Crippen LogP contribution in [0.5, 0.6) is 23.0 Å². The van der Waals surface area contributed by atoms with Crippen LogP contribution in [-0.2, 0) is 16.1 Å². The lowest BCUT2D eigenvalue weighted by Crippen LogP contribution is -2.31. The number of carbonyl (C=O) groups is 2. The predicted molar refractivity (Wildman–Crippen MR) is 124 cm³/mol. The highest BCUT2D eigenvalue weighted by molar-refractivity contribution is 5.89. The van der Waals surface area contributed by atoms with Crippen LogP contribution in [0, 0.1) is 0 Å². The summed E-state index contributed by atoms with van der Waals surface area (Å²) >= 11 is 0. The fourth-order valence-electron chi connectivity index (χ4n) is 3.82. The number of ether oxygens (including phenoxy) is 3. The molecule has 0 saturated heterocycles. The molecule has 2 N–H and O–H groups in total. The van der Waals surface area contributed by atoms with Crippen molar-refractivity contribution in [3.05, 3.63) is 83.4 Å². The highest BCUT2D eigenvalue weighted by atomic mass is 16.5. The van der Waals surface area contributed by atoms with E-state index in [1.165, 1.54) is 7.11 Å². The maximum atomic E-state index is 13.3. The monoisotopic (exact) mass is 446 g/mol. The summed E-state index contributed by atoms with van der Waals surface area (Å²) in [5.41, 5.74) is 2.51. The van der Waals surface area contributed by atoms with Gasteiger partial charge < -0.3 is 24.8 Å². The van der Waals surface area contributed by atoms with Gasteiger partial charge in [-0.2, -0.15) is 0 Å². The Bertz CT molecular complexity index is 1120. The topological polar surface area (TPSA) is 85.9 Å². The molecule has 170 valence electrons. The summed E-state index contributed by atoms with van der Waals surface area (Å²) in [5, 5.41) is 5.71. The van der Waals surface area contributed by atoms with E-state index in [2.05, 4.69) is 10.6 Å². The fourth-order valence-corrected chi connectivity index (χ4v) is 3.82. The second-order valence-electron chi connectivity index (χ2n) is 7.56. The van der Waals surface area contributed by atoms with E-state index in [0.717, 1.165) is 16.7 Å². The molecule has 0 aliphatic carbocycles. The number of benzene rings is 3. The molecule has 7 heteroatoms. The molecule has 4 rings (SSSR count). The Morgan fingerprint density at radius 3 is 2.21 bits per heavy atom. The molecule has 7 nitrogen and oxygen atoms in total. The first-order valence-electron chi connectivity index (χ1n) is 10.8. The molecule has 33 heavy (non-hydrogen) atoms. The Hall–Kier alpha value is -4.00. The molecule has 3 aromatic rings. The Balaban J connectivity index is 1.48. The minimum absolute atomic E-state index is 0.0944. The zero-order valence-corrected chi connectivity index (χ0v) is 18.6. The van der Waals surface area contributed by atoms with Gasteiger partial charge >= 0.3 is 0 Å². The Kier molecular flexibility index (Phi) is 6.78. The normalized spacial score (nSPS) is 12.1. The number of hydrogen-bond donors (Lipinski definition) is 2. The summed E-state index contributed by atoms with van der Waals surface area (Å²) in [6.45, 7) is 2.61. The van der Waals surface area contributed by atoms with Crippen molar-refractivity contribution >= 4 is 11.8 Å². The largest absolute Gasteiger partial charge is 0.493 e. The molecule has 0 bridgehead atoms. The van der Waals surface area contributed by atoms with Crippen molar-refractivity contribution in [3.63, 3.8) is 0 Å². The van der Waals surface area contributed by atoms with Gasteiger partial charge in [-0.25, -0.2) is 0 Å². The first kappa shape index (κ1) is 22.2. The lowest BCUT2D eigenvalue weighted by atomic mass is 9.87. The number of fused-ring (bicyclic) bond motifs is 2. The van der Waals surface area contributed by atoms with Gasteiger partial charge in [0.25, 0.3) is 5.91 Å². The molecule has 0 saturated carbocycles. The maximum absolute atomic E-state index is 13.3. The molecule has 0 atom stereocenters. The van der Waals surface area contributed by atoms with Crippen molar-refractivity contribution in [3.8, 4) is 23.0 Å².